The van der Waals surface area contributed by atoms with E-state index in [9.17, 15) is 19.1 Å². The quantitative estimate of drug-likeness (QED) is 0.502. The average Bonchev–Trinajstić information content (AvgIpc) is 3.30. The van der Waals surface area contributed by atoms with Gasteiger partial charge in [-0.1, -0.05) is 35.3 Å². The van der Waals surface area contributed by atoms with E-state index in [0.29, 0.717) is 17.5 Å². The lowest BCUT2D eigenvalue weighted by Crippen LogP contribution is -2.45. The van der Waals surface area contributed by atoms with Crippen LogP contribution in [0.15, 0.2) is 30.3 Å². The molecule has 3 N–H and O–H groups in total. The number of benzene rings is 1. The third kappa shape index (κ3) is 5.46. The minimum Gasteiger partial charge on any atom is -0.394 e. The fourth-order valence-electron chi connectivity index (χ4n) is 3.15. The molecule has 31 heavy (non-hydrogen) atoms. The average molecular weight is 491 g/mol. The van der Waals surface area contributed by atoms with Gasteiger partial charge in [-0.15, -0.1) is 11.3 Å². The Morgan fingerprint density at radius 1 is 1.39 bits per heavy atom. The highest BCUT2D eigenvalue weighted by Gasteiger charge is 2.39. The minimum absolute atomic E-state index is 0.0527. The highest BCUT2D eigenvalue weighted by atomic mass is 35.5. The zero-order valence-corrected chi connectivity index (χ0v) is 18.8. The van der Waals surface area contributed by atoms with Crippen molar-refractivity contribution in [2.24, 2.45) is 0 Å². The molecule has 1 fully saturated rings. The number of aliphatic hydroxyl groups excluding tert-OH is 1. The summed E-state index contributed by atoms with van der Waals surface area (Å²) in [5, 5.41) is 13.2. The summed E-state index contributed by atoms with van der Waals surface area (Å²) in [6.45, 7) is -0.283. The van der Waals surface area contributed by atoms with Gasteiger partial charge in [0.1, 0.15) is 18.5 Å². The first-order chi connectivity index (χ1) is 14.8. The number of amides is 3. The Balaban J connectivity index is 1.71. The van der Waals surface area contributed by atoms with Crippen molar-refractivity contribution in [2.45, 2.75) is 12.2 Å². The highest BCUT2D eigenvalue weighted by molar-refractivity contribution is 7.16. The zero-order chi connectivity index (χ0) is 22.5. The summed E-state index contributed by atoms with van der Waals surface area (Å²) >= 11 is 13.1. The van der Waals surface area contributed by atoms with Crippen molar-refractivity contribution in [3.8, 4) is 0 Å². The van der Waals surface area contributed by atoms with Crippen LogP contribution in [-0.4, -0.2) is 60.4 Å². The SMILES string of the molecule is COCCN1C(=O)N(CC(=O)NC(CO)c2cccc(Cl)c2F)NC1c1ccc(Cl)s1. The molecule has 8 nitrogen and oxygen atoms in total. The number of nitrogens with one attached hydrogen (secondary N) is 2. The number of hydrogen-bond acceptors (Lipinski definition) is 6. The summed E-state index contributed by atoms with van der Waals surface area (Å²) in [6.07, 6.45) is -0.507. The number of thiophene rings is 1. The maximum absolute atomic E-state index is 14.3. The first-order valence-electron chi connectivity index (χ1n) is 9.28. The normalized spacial score (nSPS) is 17.3. The summed E-state index contributed by atoms with van der Waals surface area (Å²) in [7, 11) is 1.53. The lowest BCUT2D eigenvalue weighted by atomic mass is 10.1. The standard InChI is InChI=1S/C19H21Cl2FN4O4S/c1-30-8-7-25-18(14-5-6-15(21)31-14)24-26(19(25)29)9-16(28)23-13(10-27)11-3-2-4-12(20)17(11)22/h2-6,13,18,24,27H,7-10H2,1H3,(H,23,28). The first-order valence-corrected chi connectivity index (χ1v) is 10.9. The molecular weight excluding hydrogens is 470 g/mol. The molecule has 1 aliphatic rings. The van der Waals surface area contributed by atoms with Crippen LogP contribution in [-0.2, 0) is 9.53 Å². The zero-order valence-electron chi connectivity index (χ0n) is 16.5. The lowest BCUT2D eigenvalue weighted by molar-refractivity contribution is -0.123. The molecule has 3 amide bonds. The van der Waals surface area contributed by atoms with E-state index in [4.69, 9.17) is 27.9 Å². The van der Waals surface area contributed by atoms with E-state index in [0.717, 1.165) is 9.89 Å². The molecule has 2 heterocycles. The van der Waals surface area contributed by atoms with Gasteiger partial charge in [-0.25, -0.2) is 19.6 Å². The van der Waals surface area contributed by atoms with Gasteiger partial charge in [0.2, 0.25) is 5.91 Å². The molecule has 1 aromatic carbocycles. The molecule has 0 aliphatic carbocycles. The Morgan fingerprint density at radius 3 is 2.81 bits per heavy atom. The van der Waals surface area contributed by atoms with Crippen LogP contribution in [0, 0.1) is 5.82 Å². The largest absolute Gasteiger partial charge is 0.394 e. The third-order valence-electron chi connectivity index (χ3n) is 4.64. The van der Waals surface area contributed by atoms with Crippen molar-refractivity contribution < 1.29 is 23.8 Å². The highest BCUT2D eigenvalue weighted by Crippen LogP contribution is 2.32. The van der Waals surface area contributed by atoms with Crippen molar-refractivity contribution in [3.05, 3.63) is 55.9 Å². The van der Waals surface area contributed by atoms with E-state index in [1.165, 1.54) is 41.5 Å². The van der Waals surface area contributed by atoms with Gasteiger partial charge < -0.3 is 15.2 Å². The fourth-order valence-corrected chi connectivity index (χ4v) is 4.45. The number of nitrogens with zero attached hydrogens (tertiary/aromatic N) is 2. The molecule has 12 heteroatoms. The van der Waals surface area contributed by atoms with E-state index in [-0.39, 0.29) is 17.1 Å². The smallest absolute Gasteiger partial charge is 0.336 e. The van der Waals surface area contributed by atoms with Crippen LogP contribution in [0.25, 0.3) is 0 Å². The van der Waals surface area contributed by atoms with Gasteiger partial charge in [-0.05, 0) is 18.2 Å². The van der Waals surface area contributed by atoms with E-state index in [2.05, 4.69) is 10.7 Å². The van der Waals surface area contributed by atoms with E-state index in [1.54, 1.807) is 12.1 Å². The fraction of sp³-hybridized carbons (Fsp3) is 0.368. The van der Waals surface area contributed by atoms with Crippen molar-refractivity contribution in [1.82, 2.24) is 20.7 Å². The van der Waals surface area contributed by atoms with Crippen LogP contribution in [0.1, 0.15) is 22.6 Å². The molecule has 1 saturated heterocycles. The first kappa shape index (κ1) is 23.7. The van der Waals surface area contributed by atoms with Gasteiger partial charge in [-0.2, -0.15) is 0 Å². The van der Waals surface area contributed by atoms with Crippen molar-refractivity contribution in [2.75, 3.05) is 33.4 Å². The Morgan fingerprint density at radius 2 is 2.16 bits per heavy atom. The van der Waals surface area contributed by atoms with Gasteiger partial charge in [0.15, 0.2) is 0 Å². The molecule has 168 valence electrons. The Hall–Kier alpha value is -1.95. The number of carbonyl (C=O) groups is 2. The number of methoxy groups -OCH3 is 1. The number of hydrazine groups is 1. The Kier molecular flexibility index (Phi) is 8.09. The number of halogens is 3. The van der Waals surface area contributed by atoms with Gasteiger partial charge in [-0.3, -0.25) is 9.69 Å². The molecule has 1 aromatic heterocycles. The molecule has 2 aromatic rings. The van der Waals surface area contributed by atoms with E-state index < -0.39 is 36.6 Å². The molecule has 0 spiro atoms. The second kappa shape index (κ2) is 10.6. The van der Waals surface area contributed by atoms with Gasteiger partial charge in [0, 0.05) is 24.1 Å². The maximum atomic E-state index is 14.3. The number of urea groups is 1. The molecule has 3 rings (SSSR count). The van der Waals surface area contributed by atoms with Gasteiger partial charge >= 0.3 is 6.03 Å². The van der Waals surface area contributed by atoms with E-state index in [1.807, 2.05) is 0 Å². The van der Waals surface area contributed by atoms with Crippen LogP contribution in [0.4, 0.5) is 9.18 Å². The maximum Gasteiger partial charge on any atom is 0.336 e. The third-order valence-corrected chi connectivity index (χ3v) is 6.22. The molecule has 1 aliphatic heterocycles. The topological polar surface area (TPSA) is 94.1 Å². The van der Waals surface area contributed by atoms with Crippen molar-refractivity contribution in [3.63, 3.8) is 0 Å². The molecule has 0 saturated carbocycles. The number of aliphatic hydroxyl groups is 1. The monoisotopic (exact) mass is 490 g/mol. The molecule has 0 radical (unpaired) electrons. The summed E-state index contributed by atoms with van der Waals surface area (Å²) in [5.41, 5.74) is 3.05. The summed E-state index contributed by atoms with van der Waals surface area (Å²) < 4.78 is 19.9. The van der Waals surface area contributed by atoms with Gasteiger partial charge in [0.05, 0.1) is 28.6 Å². The number of hydrogen-bond donors (Lipinski definition) is 3. The molecule has 2 atom stereocenters. The molecular formula is C19H21Cl2FN4O4S. The van der Waals surface area contributed by atoms with Crippen LogP contribution >= 0.6 is 34.5 Å². The predicted molar refractivity (Wildman–Crippen MR) is 115 cm³/mol. The van der Waals surface area contributed by atoms with Crippen LogP contribution in [0.2, 0.25) is 9.36 Å². The van der Waals surface area contributed by atoms with E-state index >= 15 is 0 Å². The second-order valence-corrected chi connectivity index (χ2v) is 8.83. The van der Waals surface area contributed by atoms with Gasteiger partial charge in [0.25, 0.3) is 0 Å². The summed E-state index contributed by atoms with van der Waals surface area (Å²) in [4.78, 5) is 27.8. The number of carbonyl (C=O) groups excluding carboxylic acids is 2. The predicted octanol–water partition coefficient (Wildman–Crippen LogP) is 2.93. The van der Waals surface area contributed by atoms with Crippen LogP contribution < -0.4 is 10.7 Å². The summed E-state index contributed by atoms with van der Waals surface area (Å²) in [6, 6.07) is 6.40. The van der Waals surface area contributed by atoms with Crippen LogP contribution in [0.3, 0.4) is 0 Å². The molecule has 0 bridgehead atoms. The number of rotatable bonds is 9. The second-order valence-electron chi connectivity index (χ2n) is 6.67. The van der Waals surface area contributed by atoms with Crippen molar-refractivity contribution >= 4 is 46.5 Å². The lowest BCUT2D eigenvalue weighted by Gasteiger charge is -2.21. The van der Waals surface area contributed by atoms with Crippen molar-refractivity contribution in [1.29, 1.82) is 0 Å². The minimum atomic E-state index is -1.01. The molecule has 2 unspecified atom stereocenters. The Bertz CT molecular complexity index is 947. The van der Waals surface area contributed by atoms with Crippen LogP contribution in [0.5, 0.6) is 0 Å². The summed E-state index contributed by atoms with van der Waals surface area (Å²) in [5.74, 6) is -1.31. The number of ether oxygens (including phenoxy) is 1. The Labute approximate surface area is 192 Å².